The van der Waals surface area contributed by atoms with Gasteiger partial charge in [0.15, 0.2) is 0 Å². The van der Waals surface area contributed by atoms with E-state index in [0.29, 0.717) is 31.2 Å². The van der Waals surface area contributed by atoms with Gasteiger partial charge >= 0.3 is 0 Å². The number of carbonyl (C=O) groups is 1. The molecule has 1 amide bonds. The van der Waals surface area contributed by atoms with Gasteiger partial charge in [-0.15, -0.1) is 0 Å². The predicted octanol–water partition coefficient (Wildman–Crippen LogP) is 2.00. The smallest absolute Gasteiger partial charge is 0.263 e. The van der Waals surface area contributed by atoms with Gasteiger partial charge in [-0.1, -0.05) is 46.2 Å². The minimum absolute atomic E-state index is 0.0355. The SMILES string of the molecule is CC[C@H](C)[C@H](N=C1NS(=O)(=O)c2ccccc21)C(=O)NCC(CC(C)C)N1CCOCC1. The molecule has 2 N–H and O–H groups in total. The number of sulfonamides is 1. The van der Waals surface area contributed by atoms with Crippen LogP contribution in [0.1, 0.15) is 46.1 Å². The Kier molecular flexibility index (Phi) is 8.30. The number of fused-ring (bicyclic) bond motifs is 1. The van der Waals surface area contributed by atoms with Crippen molar-refractivity contribution < 1.29 is 17.9 Å². The highest BCUT2D eigenvalue weighted by atomic mass is 32.2. The molecule has 3 atom stereocenters. The molecule has 0 saturated carbocycles. The molecule has 3 rings (SSSR count). The van der Waals surface area contributed by atoms with Crippen molar-refractivity contribution in [3.05, 3.63) is 29.8 Å². The lowest BCUT2D eigenvalue weighted by Crippen LogP contribution is -2.51. The number of nitrogens with zero attached hydrogens (tertiary/aromatic N) is 2. The Morgan fingerprint density at radius 3 is 2.56 bits per heavy atom. The van der Waals surface area contributed by atoms with Crippen LogP contribution in [0.5, 0.6) is 0 Å². The van der Waals surface area contributed by atoms with Crippen LogP contribution in [0.2, 0.25) is 0 Å². The molecule has 0 bridgehead atoms. The molecule has 1 aromatic carbocycles. The first-order chi connectivity index (χ1) is 15.2. The van der Waals surface area contributed by atoms with Gasteiger partial charge in [-0.05, 0) is 30.4 Å². The van der Waals surface area contributed by atoms with E-state index in [0.717, 1.165) is 25.9 Å². The number of amidine groups is 1. The van der Waals surface area contributed by atoms with E-state index in [9.17, 15) is 13.2 Å². The van der Waals surface area contributed by atoms with Gasteiger partial charge in [0, 0.05) is 31.2 Å². The molecule has 0 spiro atoms. The second-order valence-electron chi connectivity index (χ2n) is 9.09. The molecule has 32 heavy (non-hydrogen) atoms. The number of ether oxygens (including phenoxy) is 1. The number of nitrogens with one attached hydrogen (secondary N) is 2. The molecule has 2 heterocycles. The third kappa shape index (κ3) is 5.88. The standard InChI is InChI=1S/C23H36N4O4S/c1-5-17(4)21(25-22-19-8-6-7-9-20(19)32(29,30)26-22)23(28)24-15-18(14-16(2)3)27-10-12-31-13-11-27/h6-9,16-18,21H,5,10-15H2,1-4H3,(H,24,28)(H,25,26)/t17-,18?,21-/m0/s1. The summed E-state index contributed by atoms with van der Waals surface area (Å²) in [4.78, 5) is 20.4. The lowest BCUT2D eigenvalue weighted by Gasteiger charge is -2.35. The summed E-state index contributed by atoms with van der Waals surface area (Å²) < 4.78 is 32.9. The maximum absolute atomic E-state index is 13.2. The van der Waals surface area contributed by atoms with Gasteiger partial charge < -0.3 is 10.1 Å². The number of aliphatic imine (C=N–C) groups is 1. The largest absolute Gasteiger partial charge is 0.379 e. The van der Waals surface area contributed by atoms with E-state index in [1.807, 2.05) is 13.8 Å². The third-order valence-corrected chi connectivity index (χ3v) is 7.60. The highest BCUT2D eigenvalue weighted by molar-refractivity contribution is 7.90. The van der Waals surface area contributed by atoms with Crippen LogP contribution in [0.15, 0.2) is 34.2 Å². The van der Waals surface area contributed by atoms with Gasteiger partial charge in [0.05, 0.1) is 18.1 Å². The summed E-state index contributed by atoms with van der Waals surface area (Å²) >= 11 is 0. The van der Waals surface area contributed by atoms with Crippen molar-refractivity contribution in [3.63, 3.8) is 0 Å². The Labute approximate surface area is 191 Å². The van der Waals surface area contributed by atoms with Crippen LogP contribution in [0, 0.1) is 11.8 Å². The van der Waals surface area contributed by atoms with Crippen molar-refractivity contribution in [2.75, 3.05) is 32.8 Å². The highest BCUT2D eigenvalue weighted by Gasteiger charge is 2.33. The first-order valence-electron chi connectivity index (χ1n) is 11.5. The zero-order valence-corrected chi connectivity index (χ0v) is 20.3. The van der Waals surface area contributed by atoms with Gasteiger partial charge in [-0.3, -0.25) is 19.4 Å². The van der Waals surface area contributed by atoms with Gasteiger partial charge in [0.1, 0.15) is 11.9 Å². The van der Waals surface area contributed by atoms with E-state index in [-0.39, 0.29) is 28.6 Å². The molecular formula is C23H36N4O4S. The Hall–Kier alpha value is -1.97. The number of carbonyl (C=O) groups excluding carboxylic acids is 1. The van der Waals surface area contributed by atoms with Crippen LogP contribution in [0.25, 0.3) is 0 Å². The summed E-state index contributed by atoms with van der Waals surface area (Å²) in [7, 11) is -3.64. The van der Waals surface area contributed by atoms with Crippen LogP contribution in [-0.4, -0.2) is 70.0 Å². The molecule has 1 saturated heterocycles. The lowest BCUT2D eigenvalue weighted by atomic mass is 9.98. The predicted molar refractivity (Wildman–Crippen MR) is 125 cm³/mol. The van der Waals surface area contributed by atoms with Crippen molar-refractivity contribution >= 4 is 21.8 Å². The Balaban J connectivity index is 1.77. The number of rotatable bonds is 9. The third-order valence-electron chi connectivity index (χ3n) is 6.20. The summed E-state index contributed by atoms with van der Waals surface area (Å²) in [6, 6.07) is 6.28. The van der Waals surface area contributed by atoms with Gasteiger partial charge in [0.2, 0.25) is 5.91 Å². The minimum Gasteiger partial charge on any atom is -0.379 e. The van der Waals surface area contributed by atoms with E-state index in [4.69, 9.17) is 4.74 Å². The lowest BCUT2D eigenvalue weighted by molar-refractivity contribution is -0.123. The van der Waals surface area contributed by atoms with Crippen LogP contribution in [-0.2, 0) is 19.6 Å². The highest BCUT2D eigenvalue weighted by Crippen LogP contribution is 2.24. The van der Waals surface area contributed by atoms with E-state index < -0.39 is 16.1 Å². The molecule has 0 radical (unpaired) electrons. The van der Waals surface area contributed by atoms with Gasteiger partial charge in [-0.2, -0.15) is 0 Å². The van der Waals surface area contributed by atoms with Crippen molar-refractivity contribution in [2.45, 2.75) is 57.5 Å². The fourth-order valence-corrected chi connectivity index (χ4v) is 5.45. The minimum atomic E-state index is -3.64. The van der Waals surface area contributed by atoms with E-state index >= 15 is 0 Å². The fraction of sp³-hybridized carbons (Fsp3) is 0.652. The first-order valence-corrected chi connectivity index (χ1v) is 13.0. The summed E-state index contributed by atoms with van der Waals surface area (Å²) in [5.74, 6) is 0.548. The normalized spacial score (nSPS) is 22.2. The molecule has 1 aromatic rings. The van der Waals surface area contributed by atoms with Crippen molar-refractivity contribution in [1.29, 1.82) is 0 Å². The molecule has 2 aliphatic rings. The molecule has 0 aromatic heterocycles. The number of amides is 1. The van der Waals surface area contributed by atoms with E-state index in [2.05, 4.69) is 33.8 Å². The molecule has 2 aliphatic heterocycles. The molecular weight excluding hydrogens is 428 g/mol. The van der Waals surface area contributed by atoms with E-state index in [1.54, 1.807) is 24.3 Å². The maximum Gasteiger partial charge on any atom is 0.263 e. The van der Waals surface area contributed by atoms with Gasteiger partial charge in [-0.25, -0.2) is 8.42 Å². The van der Waals surface area contributed by atoms with E-state index in [1.165, 1.54) is 0 Å². The van der Waals surface area contributed by atoms with Gasteiger partial charge in [0.25, 0.3) is 10.0 Å². The number of benzene rings is 1. The molecule has 9 heteroatoms. The Morgan fingerprint density at radius 2 is 1.91 bits per heavy atom. The molecule has 178 valence electrons. The van der Waals surface area contributed by atoms with Crippen LogP contribution < -0.4 is 10.0 Å². The molecule has 1 fully saturated rings. The molecule has 1 unspecified atom stereocenters. The number of hydrogen-bond acceptors (Lipinski definition) is 6. The van der Waals surface area contributed by atoms with Crippen LogP contribution >= 0.6 is 0 Å². The van der Waals surface area contributed by atoms with Crippen molar-refractivity contribution in [1.82, 2.24) is 14.9 Å². The summed E-state index contributed by atoms with van der Waals surface area (Å²) in [5.41, 5.74) is 0.514. The summed E-state index contributed by atoms with van der Waals surface area (Å²) in [6.45, 7) is 12.0. The maximum atomic E-state index is 13.2. The van der Waals surface area contributed by atoms with Crippen molar-refractivity contribution in [3.8, 4) is 0 Å². The molecule has 0 aliphatic carbocycles. The second-order valence-corrected chi connectivity index (χ2v) is 10.7. The first kappa shape index (κ1) is 24.7. The van der Waals surface area contributed by atoms with Crippen molar-refractivity contribution in [2.24, 2.45) is 16.8 Å². The average Bonchev–Trinajstić information content (AvgIpc) is 3.04. The summed E-state index contributed by atoms with van der Waals surface area (Å²) in [5, 5.41) is 3.11. The van der Waals surface area contributed by atoms with Crippen LogP contribution in [0.3, 0.4) is 0 Å². The Bertz CT molecular complexity index is 926. The zero-order chi connectivity index (χ0) is 23.3. The number of morpholine rings is 1. The second kappa shape index (κ2) is 10.8. The quantitative estimate of drug-likeness (QED) is 0.582. The topological polar surface area (TPSA) is 100 Å². The van der Waals surface area contributed by atoms with Crippen LogP contribution in [0.4, 0.5) is 0 Å². The monoisotopic (exact) mass is 464 g/mol. The molecule has 8 nitrogen and oxygen atoms in total. The number of hydrogen-bond donors (Lipinski definition) is 2. The average molecular weight is 465 g/mol. The summed E-state index contributed by atoms with van der Waals surface area (Å²) in [6.07, 6.45) is 1.73. The zero-order valence-electron chi connectivity index (χ0n) is 19.5. The Morgan fingerprint density at radius 1 is 1.22 bits per heavy atom. The fourth-order valence-electron chi connectivity index (χ4n) is 4.21.